The molecule has 1 spiro atoms. The summed E-state index contributed by atoms with van der Waals surface area (Å²) in [5, 5.41) is 0. The van der Waals surface area contributed by atoms with Crippen LogP contribution >= 0.6 is 0 Å². The number of benzene rings is 2. The largest absolute Gasteiger partial charge is 0.493 e. The van der Waals surface area contributed by atoms with E-state index in [4.69, 9.17) is 14.2 Å². The highest BCUT2D eigenvalue weighted by Crippen LogP contribution is 2.59. The molecular formula is C26H28F3NO4. The first-order valence-electron chi connectivity index (χ1n) is 11.6. The summed E-state index contributed by atoms with van der Waals surface area (Å²) in [6, 6.07) is 8.21. The molecule has 1 fully saturated rings. The number of rotatable bonds is 3. The van der Waals surface area contributed by atoms with E-state index in [9.17, 15) is 18.0 Å². The summed E-state index contributed by atoms with van der Waals surface area (Å²) in [6.45, 7) is 3.94. The van der Waals surface area contributed by atoms with Gasteiger partial charge < -0.3 is 19.1 Å². The average molecular weight is 476 g/mol. The van der Waals surface area contributed by atoms with Gasteiger partial charge in [-0.3, -0.25) is 0 Å². The second kappa shape index (κ2) is 8.18. The molecule has 0 aromatic heterocycles. The van der Waals surface area contributed by atoms with Crippen molar-refractivity contribution in [2.24, 2.45) is 5.92 Å². The summed E-state index contributed by atoms with van der Waals surface area (Å²) in [4.78, 5) is 15.0. The van der Waals surface area contributed by atoms with E-state index in [0.29, 0.717) is 18.6 Å². The summed E-state index contributed by atoms with van der Waals surface area (Å²) in [6.07, 6.45) is -2.88. The van der Waals surface area contributed by atoms with Crippen molar-refractivity contribution >= 4 is 5.97 Å². The molecule has 5 nitrogen and oxygen atoms in total. The van der Waals surface area contributed by atoms with Gasteiger partial charge in [0, 0.05) is 23.9 Å². The molecule has 34 heavy (non-hydrogen) atoms. The summed E-state index contributed by atoms with van der Waals surface area (Å²) in [7, 11) is 3.75. The molecule has 5 rings (SSSR count). The monoisotopic (exact) mass is 475 g/mol. The average Bonchev–Trinajstić information content (AvgIpc) is 3.05. The Labute approximate surface area is 196 Å². The molecule has 0 radical (unpaired) electrons. The molecule has 0 bridgehead atoms. The molecule has 3 aliphatic rings. The Hall–Kier alpha value is -2.74. The Balaban J connectivity index is 1.40. The lowest BCUT2D eigenvalue weighted by molar-refractivity contribution is -0.137. The van der Waals surface area contributed by atoms with Gasteiger partial charge in [-0.15, -0.1) is 0 Å². The minimum atomic E-state index is -4.45. The Morgan fingerprint density at radius 1 is 1.15 bits per heavy atom. The van der Waals surface area contributed by atoms with E-state index in [1.165, 1.54) is 23.3 Å². The van der Waals surface area contributed by atoms with Gasteiger partial charge in [-0.1, -0.05) is 13.0 Å². The van der Waals surface area contributed by atoms with Gasteiger partial charge in [0.25, 0.3) is 0 Å². The van der Waals surface area contributed by atoms with Crippen LogP contribution in [0.1, 0.15) is 53.2 Å². The number of alkyl halides is 3. The molecule has 2 aromatic rings. The van der Waals surface area contributed by atoms with Gasteiger partial charge in [0.15, 0.2) is 11.5 Å². The van der Waals surface area contributed by atoms with Crippen LogP contribution in [-0.2, 0) is 22.9 Å². The lowest BCUT2D eigenvalue weighted by atomic mass is 9.59. The molecule has 1 saturated carbocycles. The predicted octanol–water partition coefficient (Wildman–Crippen LogP) is 5.20. The Morgan fingerprint density at radius 3 is 2.56 bits per heavy atom. The maximum atomic E-state index is 12.8. The van der Waals surface area contributed by atoms with Crippen molar-refractivity contribution in [3.05, 3.63) is 58.7 Å². The van der Waals surface area contributed by atoms with Gasteiger partial charge in [0.05, 0.1) is 18.2 Å². The summed E-state index contributed by atoms with van der Waals surface area (Å²) in [5.74, 6) is 1.07. The van der Waals surface area contributed by atoms with E-state index in [2.05, 4.69) is 24.9 Å². The summed E-state index contributed by atoms with van der Waals surface area (Å²) >= 11 is 0. The normalized spacial score (nSPS) is 28.4. The topological polar surface area (TPSA) is 48.0 Å². The van der Waals surface area contributed by atoms with Crippen LogP contribution in [0.3, 0.4) is 0 Å². The molecule has 0 saturated heterocycles. The zero-order valence-electron chi connectivity index (χ0n) is 19.4. The van der Waals surface area contributed by atoms with Crippen LogP contribution < -0.4 is 9.47 Å². The fraction of sp³-hybridized carbons (Fsp3) is 0.500. The van der Waals surface area contributed by atoms with Gasteiger partial charge in [-0.25, -0.2) is 4.79 Å². The van der Waals surface area contributed by atoms with Crippen LogP contribution in [0.4, 0.5) is 13.2 Å². The van der Waals surface area contributed by atoms with E-state index in [0.717, 1.165) is 37.4 Å². The smallest absolute Gasteiger partial charge is 0.416 e. The first-order valence-corrected chi connectivity index (χ1v) is 11.6. The van der Waals surface area contributed by atoms with Crippen LogP contribution in [0.15, 0.2) is 36.4 Å². The molecule has 2 heterocycles. The minimum absolute atomic E-state index is 0.108. The van der Waals surface area contributed by atoms with Crippen molar-refractivity contribution in [2.75, 3.05) is 20.7 Å². The maximum Gasteiger partial charge on any atom is 0.416 e. The van der Waals surface area contributed by atoms with Crippen molar-refractivity contribution in [1.82, 2.24) is 4.90 Å². The van der Waals surface area contributed by atoms with Crippen molar-refractivity contribution in [1.29, 1.82) is 0 Å². The van der Waals surface area contributed by atoms with Crippen molar-refractivity contribution in [3.8, 4) is 11.5 Å². The molecule has 2 aliphatic heterocycles. The molecule has 0 N–H and O–H groups in total. The van der Waals surface area contributed by atoms with Crippen LogP contribution in [0.2, 0.25) is 0 Å². The highest BCUT2D eigenvalue weighted by molar-refractivity contribution is 5.89. The lowest BCUT2D eigenvalue weighted by Crippen LogP contribution is -2.52. The number of carbonyl (C=O) groups excluding carboxylic acids is 1. The quantitative estimate of drug-likeness (QED) is 0.571. The number of hydrogen-bond donors (Lipinski definition) is 0. The molecule has 2 unspecified atom stereocenters. The molecular weight excluding hydrogens is 447 g/mol. The number of halogens is 3. The van der Waals surface area contributed by atoms with Crippen molar-refractivity contribution in [2.45, 2.75) is 56.5 Å². The fourth-order valence-electron chi connectivity index (χ4n) is 6.08. The molecule has 4 atom stereocenters. The van der Waals surface area contributed by atoms with E-state index < -0.39 is 17.7 Å². The van der Waals surface area contributed by atoms with Gasteiger partial charge in [0.2, 0.25) is 0 Å². The van der Waals surface area contributed by atoms with Gasteiger partial charge >= 0.3 is 12.1 Å². The standard InChI is InChI=1S/C26H28F3NO4/c1-15-12-19(33-24(31)16-4-7-18(8-5-16)26(27,28)29)13-21-25(15)10-11-30(2)14-17-6-9-20(32-3)23(34-21)22(17)25/h4-9,15,19,21H,10-14H2,1-3H3/t15?,19-,21?,25+/m0/s1. The summed E-state index contributed by atoms with van der Waals surface area (Å²) in [5.41, 5.74) is 1.59. The third kappa shape index (κ3) is 3.63. The number of methoxy groups -OCH3 is 1. The number of ether oxygens (including phenoxy) is 3. The molecule has 2 aromatic carbocycles. The summed E-state index contributed by atoms with van der Waals surface area (Å²) < 4.78 is 56.4. The highest BCUT2D eigenvalue weighted by Gasteiger charge is 2.58. The number of hydrogen-bond acceptors (Lipinski definition) is 5. The number of esters is 1. The Morgan fingerprint density at radius 2 is 1.88 bits per heavy atom. The number of nitrogens with zero attached hydrogens (tertiary/aromatic N) is 1. The van der Waals surface area contributed by atoms with E-state index in [1.54, 1.807) is 7.11 Å². The van der Waals surface area contributed by atoms with Gasteiger partial charge in [0.1, 0.15) is 12.2 Å². The van der Waals surface area contributed by atoms with Gasteiger partial charge in [-0.05, 0) is 68.2 Å². The lowest BCUT2D eigenvalue weighted by Gasteiger charge is -2.46. The molecule has 1 aliphatic carbocycles. The third-order valence-electron chi connectivity index (χ3n) is 7.77. The van der Waals surface area contributed by atoms with Crippen LogP contribution in [0.5, 0.6) is 11.5 Å². The van der Waals surface area contributed by atoms with Crippen LogP contribution in [-0.4, -0.2) is 43.8 Å². The minimum Gasteiger partial charge on any atom is -0.493 e. The van der Waals surface area contributed by atoms with Crippen molar-refractivity contribution in [3.63, 3.8) is 0 Å². The van der Waals surface area contributed by atoms with Crippen LogP contribution in [0.25, 0.3) is 0 Å². The molecule has 0 amide bonds. The molecule has 8 heteroatoms. The second-order valence-corrected chi connectivity index (χ2v) is 9.74. The second-order valence-electron chi connectivity index (χ2n) is 9.74. The zero-order valence-corrected chi connectivity index (χ0v) is 19.4. The van der Waals surface area contributed by atoms with Gasteiger partial charge in [-0.2, -0.15) is 13.2 Å². The molecule has 182 valence electrons. The zero-order chi connectivity index (χ0) is 24.3. The van der Waals surface area contributed by atoms with E-state index >= 15 is 0 Å². The predicted molar refractivity (Wildman–Crippen MR) is 119 cm³/mol. The van der Waals surface area contributed by atoms with Crippen molar-refractivity contribution < 1.29 is 32.2 Å². The third-order valence-corrected chi connectivity index (χ3v) is 7.77. The first-order chi connectivity index (χ1) is 16.1. The first kappa shape index (κ1) is 23.0. The Bertz CT molecular complexity index is 1100. The maximum absolute atomic E-state index is 12.8. The van der Waals surface area contributed by atoms with E-state index in [1.807, 2.05) is 6.07 Å². The number of carbonyl (C=O) groups is 1. The van der Waals surface area contributed by atoms with E-state index in [-0.39, 0.29) is 29.1 Å². The SMILES string of the molecule is COc1ccc2c3c1OC1C[C@@H](OC(=O)c4ccc(C(F)(F)F)cc4)CC(C)[C@@]31CCN(C)C2. The fourth-order valence-corrected chi connectivity index (χ4v) is 6.08. The Kier molecular flexibility index (Phi) is 5.54. The highest BCUT2D eigenvalue weighted by atomic mass is 19.4. The van der Waals surface area contributed by atoms with Crippen LogP contribution in [0, 0.1) is 5.92 Å².